The van der Waals surface area contributed by atoms with Gasteiger partial charge in [-0.05, 0) is 43.1 Å². The first kappa shape index (κ1) is 27.1. The second kappa shape index (κ2) is 11.1. The third-order valence-corrected chi connectivity index (χ3v) is 5.04. The predicted molar refractivity (Wildman–Crippen MR) is 118 cm³/mol. The van der Waals surface area contributed by atoms with Crippen molar-refractivity contribution in [1.29, 1.82) is 0 Å². The van der Waals surface area contributed by atoms with Crippen molar-refractivity contribution in [2.24, 2.45) is 5.41 Å². The minimum Gasteiger partial charge on any atom is -0.496 e. The number of nitrogens with one attached hydrogen (secondary N) is 2. The monoisotopic (exact) mass is 462 g/mol. The van der Waals surface area contributed by atoms with E-state index >= 15 is 0 Å². The number of halogens is 3. The number of rotatable bonds is 5. The SMILES string of the molecule is CC(C)(C)C.COc1cc(C(F)(F)F)cc(SC)c1C(=O)N[C@@H]1CCC[C@@H]1NC(C)=O. The smallest absolute Gasteiger partial charge is 0.416 e. The van der Waals surface area contributed by atoms with Crippen molar-refractivity contribution in [3.8, 4) is 5.75 Å². The van der Waals surface area contributed by atoms with Crippen LogP contribution in [0.4, 0.5) is 13.2 Å². The van der Waals surface area contributed by atoms with E-state index in [0.717, 1.165) is 36.7 Å². The molecule has 0 aliphatic heterocycles. The van der Waals surface area contributed by atoms with Gasteiger partial charge in [0.15, 0.2) is 0 Å². The second-order valence-corrected chi connectivity index (χ2v) is 9.92. The Kier molecular flexibility index (Phi) is 9.72. The molecule has 0 saturated heterocycles. The molecule has 2 N–H and O–H groups in total. The summed E-state index contributed by atoms with van der Waals surface area (Å²) in [7, 11) is 1.23. The van der Waals surface area contributed by atoms with E-state index in [4.69, 9.17) is 4.74 Å². The Balaban J connectivity index is 0.000000861. The number of benzene rings is 1. The zero-order chi connectivity index (χ0) is 24.0. The van der Waals surface area contributed by atoms with Crippen LogP contribution in [0.5, 0.6) is 5.75 Å². The Morgan fingerprint density at radius 3 is 2.00 bits per heavy atom. The summed E-state index contributed by atoms with van der Waals surface area (Å²) in [6.45, 7) is 10.2. The minimum atomic E-state index is -4.53. The van der Waals surface area contributed by atoms with Gasteiger partial charge in [-0.1, -0.05) is 27.7 Å². The van der Waals surface area contributed by atoms with E-state index in [9.17, 15) is 22.8 Å². The van der Waals surface area contributed by atoms with E-state index in [1.165, 1.54) is 14.0 Å². The molecule has 1 aliphatic carbocycles. The Bertz CT molecular complexity index is 745. The van der Waals surface area contributed by atoms with Crippen molar-refractivity contribution in [3.63, 3.8) is 0 Å². The summed E-state index contributed by atoms with van der Waals surface area (Å²) in [5.41, 5.74) is -0.297. The molecule has 9 heteroatoms. The Morgan fingerprint density at radius 1 is 1.06 bits per heavy atom. The first-order valence-corrected chi connectivity index (χ1v) is 11.3. The molecule has 1 aromatic rings. The average Bonchev–Trinajstić information content (AvgIpc) is 3.04. The minimum absolute atomic E-state index is 0.0708. The Morgan fingerprint density at radius 2 is 1.58 bits per heavy atom. The number of carbonyl (C=O) groups excluding carboxylic acids is 2. The highest BCUT2D eigenvalue weighted by molar-refractivity contribution is 7.98. The Hall–Kier alpha value is -1.90. The summed E-state index contributed by atoms with van der Waals surface area (Å²) in [6.07, 6.45) is -0.663. The molecular formula is C22H33F3N2O3S. The maximum Gasteiger partial charge on any atom is 0.416 e. The van der Waals surface area contributed by atoms with E-state index < -0.39 is 17.6 Å². The summed E-state index contributed by atoms with van der Waals surface area (Å²) in [5.74, 6) is -0.828. The van der Waals surface area contributed by atoms with Crippen LogP contribution in [0, 0.1) is 5.41 Å². The maximum absolute atomic E-state index is 13.0. The zero-order valence-electron chi connectivity index (χ0n) is 19.2. The molecule has 1 fully saturated rings. The lowest BCUT2D eigenvalue weighted by Gasteiger charge is -2.23. The lowest BCUT2D eigenvalue weighted by atomic mass is 10.0. The van der Waals surface area contributed by atoms with Crippen LogP contribution < -0.4 is 15.4 Å². The van der Waals surface area contributed by atoms with E-state index in [0.29, 0.717) is 11.8 Å². The van der Waals surface area contributed by atoms with Gasteiger partial charge in [0.1, 0.15) is 5.75 Å². The molecular weight excluding hydrogens is 429 g/mol. The van der Waals surface area contributed by atoms with Gasteiger partial charge in [-0.25, -0.2) is 0 Å². The predicted octanol–water partition coefficient (Wildman–Crippen LogP) is 5.28. The zero-order valence-corrected chi connectivity index (χ0v) is 20.0. The normalized spacial score (nSPS) is 18.6. The summed E-state index contributed by atoms with van der Waals surface area (Å²) >= 11 is 1.04. The van der Waals surface area contributed by atoms with Crippen molar-refractivity contribution in [1.82, 2.24) is 10.6 Å². The van der Waals surface area contributed by atoms with Crippen molar-refractivity contribution in [2.75, 3.05) is 13.4 Å². The van der Waals surface area contributed by atoms with Gasteiger partial charge >= 0.3 is 6.18 Å². The quantitative estimate of drug-likeness (QED) is 0.585. The molecule has 2 amide bonds. The molecule has 1 aliphatic rings. The van der Waals surface area contributed by atoms with Crippen LogP contribution in [-0.2, 0) is 11.0 Å². The topological polar surface area (TPSA) is 67.4 Å². The van der Waals surface area contributed by atoms with Crippen molar-refractivity contribution in [2.45, 2.75) is 77.0 Å². The summed E-state index contributed by atoms with van der Waals surface area (Å²) in [6, 6.07) is 1.32. The maximum atomic E-state index is 13.0. The molecule has 31 heavy (non-hydrogen) atoms. The Labute approximate surface area is 186 Å². The van der Waals surface area contributed by atoms with Gasteiger partial charge in [-0.3, -0.25) is 9.59 Å². The van der Waals surface area contributed by atoms with Crippen LogP contribution in [0.25, 0.3) is 0 Å². The molecule has 0 radical (unpaired) electrons. The van der Waals surface area contributed by atoms with Gasteiger partial charge < -0.3 is 15.4 Å². The van der Waals surface area contributed by atoms with Crippen LogP contribution in [-0.4, -0.2) is 37.3 Å². The molecule has 1 aromatic carbocycles. The average molecular weight is 463 g/mol. The molecule has 0 aromatic heterocycles. The van der Waals surface area contributed by atoms with Gasteiger partial charge in [-0.2, -0.15) is 13.2 Å². The van der Waals surface area contributed by atoms with Crippen molar-refractivity contribution >= 4 is 23.6 Å². The molecule has 0 unspecified atom stereocenters. The lowest BCUT2D eigenvalue weighted by Crippen LogP contribution is -2.48. The van der Waals surface area contributed by atoms with Crippen molar-refractivity contribution < 1.29 is 27.5 Å². The standard InChI is InChI=1S/C17H21F3N2O3S.C5H12/c1-9(23)21-11-5-4-6-12(11)22-16(24)15-13(25-2)7-10(17(18,19)20)8-14(15)26-3;1-5(2,3)4/h7-8,11-12H,4-6H2,1-3H3,(H,21,23)(H,22,24);1-4H3/t11-,12+;/m0./s1. The number of thioether (sulfide) groups is 1. The number of hydrogen-bond donors (Lipinski definition) is 2. The number of alkyl halides is 3. The third-order valence-electron chi connectivity index (χ3n) is 4.28. The molecule has 0 bridgehead atoms. The first-order valence-electron chi connectivity index (χ1n) is 10.1. The van der Waals surface area contributed by atoms with Gasteiger partial charge in [0.25, 0.3) is 5.91 Å². The van der Waals surface area contributed by atoms with Crippen LogP contribution in [0.3, 0.4) is 0 Å². The summed E-state index contributed by atoms with van der Waals surface area (Å²) in [4.78, 5) is 24.2. The van der Waals surface area contributed by atoms with Gasteiger partial charge in [-0.15, -0.1) is 11.8 Å². The lowest BCUT2D eigenvalue weighted by molar-refractivity contribution is -0.137. The molecule has 1 saturated carbocycles. The summed E-state index contributed by atoms with van der Waals surface area (Å²) in [5, 5.41) is 5.63. The molecule has 5 nitrogen and oxygen atoms in total. The van der Waals surface area contributed by atoms with Crippen LogP contribution in [0.15, 0.2) is 17.0 Å². The highest BCUT2D eigenvalue weighted by Crippen LogP contribution is 2.38. The first-order chi connectivity index (χ1) is 14.2. The van der Waals surface area contributed by atoms with E-state index in [1.54, 1.807) is 6.26 Å². The van der Waals surface area contributed by atoms with E-state index in [2.05, 4.69) is 38.3 Å². The molecule has 176 valence electrons. The molecule has 2 rings (SSSR count). The molecule has 2 atom stereocenters. The van der Waals surface area contributed by atoms with E-state index in [1.807, 2.05) is 0 Å². The van der Waals surface area contributed by atoms with E-state index in [-0.39, 0.29) is 34.2 Å². The summed E-state index contributed by atoms with van der Waals surface area (Å²) < 4.78 is 44.2. The van der Waals surface area contributed by atoms with Gasteiger partial charge in [0.2, 0.25) is 5.91 Å². The fraction of sp³-hybridized carbons (Fsp3) is 0.636. The van der Waals surface area contributed by atoms with Crippen LogP contribution in [0.2, 0.25) is 0 Å². The second-order valence-electron chi connectivity index (χ2n) is 9.07. The fourth-order valence-corrected chi connectivity index (χ4v) is 3.75. The number of carbonyl (C=O) groups is 2. The van der Waals surface area contributed by atoms with Gasteiger partial charge in [0.05, 0.1) is 18.2 Å². The highest BCUT2D eigenvalue weighted by Gasteiger charge is 2.35. The molecule has 0 spiro atoms. The van der Waals surface area contributed by atoms with Crippen molar-refractivity contribution in [3.05, 3.63) is 23.3 Å². The third kappa shape index (κ3) is 9.01. The van der Waals surface area contributed by atoms with Gasteiger partial charge in [0, 0.05) is 23.9 Å². The van der Waals surface area contributed by atoms with Crippen LogP contribution >= 0.6 is 11.8 Å². The number of hydrogen-bond acceptors (Lipinski definition) is 4. The number of ether oxygens (including phenoxy) is 1. The van der Waals surface area contributed by atoms with Crippen LogP contribution in [0.1, 0.15) is 69.8 Å². The largest absolute Gasteiger partial charge is 0.496 e. The highest BCUT2D eigenvalue weighted by atomic mass is 32.2. The molecule has 0 heterocycles. The number of amides is 2. The fourth-order valence-electron chi connectivity index (χ4n) is 3.11. The number of methoxy groups -OCH3 is 1.